The van der Waals surface area contributed by atoms with Crippen molar-refractivity contribution in [2.24, 2.45) is 0 Å². The van der Waals surface area contributed by atoms with E-state index >= 15 is 0 Å². The van der Waals surface area contributed by atoms with E-state index in [0.29, 0.717) is 11.7 Å². The highest BCUT2D eigenvalue weighted by atomic mass is 79.9. The first-order valence-electron chi connectivity index (χ1n) is 6.33. The first-order valence-corrected chi connectivity index (χ1v) is 7.13. The van der Waals surface area contributed by atoms with Gasteiger partial charge in [0.15, 0.2) is 0 Å². The van der Waals surface area contributed by atoms with Gasteiger partial charge in [0.05, 0.1) is 6.20 Å². The number of hydrogen-bond donors (Lipinski definition) is 0. The van der Waals surface area contributed by atoms with Crippen LogP contribution in [0.3, 0.4) is 0 Å². The fourth-order valence-corrected chi connectivity index (χ4v) is 2.48. The fourth-order valence-electron chi connectivity index (χ4n) is 2.15. The van der Waals surface area contributed by atoms with E-state index in [1.807, 2.05) is 53.1 Å². The second-order valence-corrected chi connectivity index (χ2v) is 5.42. The third kappa shape index (κ3) is 2.13. The number of benzene rings is 1. The van der Waals surface area contributed by atoms with Crippen LogP contribution in [0.25, 0.3) is 28.6 Å². The van der Waals surface area contributed by atoms with Crippen molar-refractivity contribution in [2.45, 2.75) is 0 Å². The van der Waals surface area contributed by atoms with Gasteiger partial charge in [-0.15, -0.1) is 0 Å². The molecule has 4 aromatic rings. The summed E-state index contributed by atoms with van der Waals surface area (Å²) in [5.41, 5.74) is 2.52. The Morgan fingerprint density at radius 1 is 1.05 bits per heavy atom. The highest BCUT2D eigenvalue weighted by molar-refractivity contribution is 9.10. The van der Waals surface area contributed by atoms with Crippen LogP contribution in [0.15, 0.2) is 63.9 Å². The van der Waals surface area contributed by atoms with E-state index in [1.54, 1.807) is 6.20 Å². The molecule has 0 spiro atoms. The normalized spacial score (nSPS) is 11.1. The minimum absolute atomic E-state index is 0.496. The van der Waals surface area contributed by atoms with E-state index in [4.69, 9.17) is 4.52 Å². The lowest BCUT2D eigenvalue weighted by molar-refractivity contribution is 0.432. The molecule has 3 heterocycles. The van der Waals surface area contributed by atoms with Crippen molar-refractivity contribution in [3.63, 3.8) is 0 Å². The third-order valence-corrected chi connectivity index (χ3v) is 3.61. The minimum Gasteiger partial charge on any atom is -0.334 e. The van der Waals surface area contributed by atoms with E-state index < -0.39 is 0 Å². The van der Waals surface area contributed by atoms with Gasteiger partial charge in [-0.3, -0.25) is 4.40 Å². The molecular formula is C15H9BrN4O. The molecule has 5 nitrogen and oxygen atoms in total. The second-order valence-electron chi connectivity index (χ2n) is 4.51. The average molecular weight is 341 g/mol. The Bertz CT molecular complexity index is 914. The van der Waals surface area contributed by atoms with E-state index in [0.717, 1.165) is 21.4 Å². The van der Waals surface area contributed by atoms with E-state index in [-0.39, 0.29) is 0 Å². The van der Waals surface area contributed by atoms with E-state index in [9.17, 15) is 0 Å². The van der Waals surface area contributed by atoms with Crippen LogP contribution in [0.2, 0.25) is 0 Å². The van der Waals surface area contributed by atoms with Gasteiger partial charge in [-0.05, 0) is 40.2 Å². The van der Waals surface area contributed by atoms with Crippen molar-refractivity contribution in [3.8, 4) is 23.0 Å². The summed E-state index contributed by atoms with van der Waals surface area (Å²) >= 11 is 3.45. The molecule has 4 rings (SSSR count). The number of imidazole rings is 1. The summed E-state index contributed by atoms with van der Waals surface area (Å²) in [5, 5.41) is 4.05. The van der Waals surface area contributed by atoms with E-state index in [2.05, 4.69) is 31.1 Å². The molecule has 0 fully saturated rings. The molecule has 0 radical (unpaired) electrons. The van der Waals surface area contributed by atoms with Crippen LogP contribution in [0.4, 0.5) is 0 Å². The molecule has 0 aliphatic carbocycles. The highest BCUT2D eigenvalue weighted by Crippen LogP contribution is 2.23. The van der Waals surface area contributed by atoms with Crippen LogP contribution in [-0.4, -0.2) is 19.5 Å². The van der Waals surface area contributed by atoms with Crippen molar-refractivity contribution in [1.82, 2.24) is 19.5 Å². The Kier molecular flexibility index (Phi) is 2.82. The molecule has 21 heavy (non-hydrogen) atoms. The molecule has 6 heteroatoms. The molecule has 0 bridgehead atoms. The van der Waals surface area contributed by atoms with Crippen LogP contribution < -0.4 is 0 Å². The van der Waals surface area contributed by atoms with Gasteiger partial charge >= 0.3 is 0 Å². The van der Waals surface area contributed by atoms with Crippen molar-refractivity contribution in [3.05, 3.63) is 59.3 Å². The van der Waals surface area contributed by atoms with Gasteiger partial charge in [-0.2, -0.15) is 4.98 Å². The Balaban J connectivity index is 1.83. The largest absolute Gasteiger partial charge is 0.334 e. The lowest BCUT2D eigenvalue weighted by atomic mass is 10.2. The number of hydrogen-bond acceptors (Lipinski definition) is 4. The zero-order valence-corrected chi connectivity index (χ0v) is 12.4. The lowest BCUT2D eigenvalue weighted by Gasteiger charge is -1.97. The zero-order chi connectivity index (χ0) is 14.2. The molecular weight excluding hydrogens is 332 g/mol. The van der Waals surface area contributed by atoms with Crippen LogP contribution in [0.1, 0.15) is 0 Å². The molecule has 0 aliphatic rings. The van der Waals surface area contributed by atoms with Crippen molar-refractivity contribution in [1.29, 1.82) is 0 Å². The summed E-state index contributed by atoms with van der Waals surface area (Å²) in [4.78, 5) is 8.79. The van der Waals surface area contributed by atoms with Crippen molar-refractivity contribution >= 4 is 21.6 Å². The molecule has 0 saturated carbocycles. The van der Waals surface area contributed by atoms with Crippen LogP contribution in [-0.2, 0) is 0 Å². The van der Waals surface area contributed by atoms with Gasteiger partial charge < -0.3 is 4.52 Å². The number of fused-ring (bicyclic) bond motifs is 1. The summed E-state index contributed by atoms with van der Waals surface area (Å²) in [6.45, 7) is 0. The average Bonchev–Trinajstić information content (AvgIpc) is 3.14. The Morgan fingerprint density at radius 2 is 1.90 bits per heavy atom. The number of rotatable bonds is 2. The van der Waals surface area contributed by atoms with Gasteiger partial charge in [0, 0.05) is 16.2 Å². The molecule has 0 N–H and O–H groups in total. The molecule has 0 amide bonds. The molecule has 102 valence electrons. The van der Waals surface area contributed by atoms with Crippen LogP contribution >= 0.6 is 15.9 Å². The van der Waals surface area contributed by atoms with Gasteiger partial charge in [-0.25, -0.2) is 4.98 Å². The Labute approximate surface area is 128 Å². The maximum absolute atomic E-state index is 5.34. The maximum atomic E-state index is 5.34. The first-order chi connectivity index (χ1) is 10.3. The second kappa shape index (κ2) is 4.82. The van der Waals surface area contributed by atoms with E-state index in [1.165, 1.54) is 0 Å². The SMILES string of the molecule is Brc1ccc2ncc(-c3noc(-c4ccccc4)n3)n2c1. The predicted molar refractivity (Wildman–Crippen MR) is 81.6 cm³/mol. The molecule has 0 saturated heterocycles. The first kappa shape index (κ1) is 12.3. The fraction of sp³-hybridized carbons (Fsp3) is 0. The van der Waals surface area contributed by atoms with Gasteiger partial charge in [0.25, 0.3) is 5.89 Å². The molecule has 0 atom stereocenters. The number of halogens is 1. The summed E-state index contributed by atoms with van der Waals surface area (Å²) < 4.78 is 8.22. The minimum atomic E-state index is 0.496. The third-order valence-electron chi connectivity index (χ3n) is 3.15. The standard InChI is InChI=1S/C15H9BrN4O/c16-11-6-7-13-17-8-12(20(13)9-11)14-18-15(21-19-14)10-4-2-1-3-5-10/h1-9H. The Morgan fingerprint density at radius 3 is 2.76 bits per heavy atom. The Hall–Kier alpha value is -2.47. The van der Waals surface area contributed by atoms with Gasteiger partial charge in [-0.1, -0.05) is 23.4 Å². The smallest absolute Gasteiger partial charge is 0.258 e. The monoisotopic (exact) mass is 340 g/mol. The summed E-state index contributed by atoms with van der Waals surface area (Å²) in [7, 11) is 0. The summed E-state index contributed by atoms with van der Waals surface area (Å²) in [6, 6.07) is 13.5. The van der Waals surface area contributed by atoms with Crippen molar-refractivity contribution in [2.75, 3.05) is 0 Å². The number of nitrogens with zero attached hydrogens (tertiary/aromatic N) is 4. The lowest BCUT2D eigenvalue weighted by Crippen LogP contribution is -1.89. The number of aromatic nitrogens is 4. The van der Waals surface area contributed by atoms with Crippen LogP contribution in [0, 0.1) is 0 Å². The van der Waals surface area contributed by atoms with Gasteiger partial charge in [0.2, 0.25) is 5.82 Å². The predicted octanol–water partition coefficient (Wildman–Crippen LogP) is 3.81. The van der Waals surface area contributed by atoms with Crippen LogP contribution in [0.5, 0.6) is 0 Å². The van der Waals surface area contributed by atoms with Gasteiger partial charge in [0.1, 0.15) is 11.3 Å². The quantitative estimate of drug-likeness (QED) is 0.556. The van der Waals surface area contributed by atoms with Crippen molar-refractivity contribution < 1.29 is 4.52 Å². The molecule has 0 aliphatic heterocycles. The topological polar surface area (TPSA) is 56.2 Å². The maximum Gasteiger partial charge on any atom is 0.258 e. The molecule has 1 aromatic carbocycles. The summed E-state index contributed by atoms with van der Waals surface area (Å²) in [6.07, 6.45) is 3.66. The molecule has 3 aromatic heterocycles. The highest BCUT2D eigenvalue weighted by Gasteiger charge is 2.14. The zero-order valence-electron chi connectivity index (χ0n) is 10.8. The summed E-state index contributed by atoms with van der Waals surface area (Å²) in [5.74, 6) is 1.01. The number of pyridine rings is 1. The molecule has 0 unspecified atom stereocenters.